The maximum Gasteiger partial charge on any atom is 0.256 e. The molecule has 1 spiro atoms. The number of likely N-dealkylation sites (tertiary alicyclic amines) is 1. The SMILES string of the molecule is Cc1cc(-c2ccc(-c3cnn(C(C)C)c3)cc2)ccc1C1=NC2(CC2)C(=O)N1CC1CN(C(=O)C2CC2)C1. The smallest absolute Gasteiger partial charge is 0.256 e. The van der Waals surface area contributed by atoms with E-state index in [2.05, 4.69) is 74.5 Å². The molecule has 7 nitrogen and oxygen atoms in total. The van der Waals surface area contributed by atoms with Crippen molar-refractivity contribution in [1.29, 1.82) is 0 Å². The lowest BCUT2D eigenvalue weighted by Crippen LogP contribution is -2.55. The molecule has 7 heteroatoms. The van der Waals surface area contributed by atoms with E-state index in [9.17, 15) is 9.59 Å². The maximum absolute atomic E-state index is 13.4. The third-order valence-corrected chi connectivity index (χ3v) is 8.73. The van der Waals surface area contributed by atoms with E-state index in [0.717, 1.165) is 78.0 Å². The topological polar surface area (TPSA) is 70.8 Å². The fourth-order valence-electron chi connectivity index (χ4n) is 5.91. The number of rotatable bonds is 7. The number of carbonyl (C=O) groups excluding carboxylic acids is 2. The summed E-state index contributed by atoms with van der Waals surface area (Å²) < 4.78 is 1.98. The zero-order valence-electron chi connectivity index (χ0n) is 22.9. The van der Waals surface area contributed by atoms with Crippen LogP contribution in [-0.2, 0) is 9.59 Å². The first-order valence-electron chi connectivity index (χ1n) is 14.3. The van der Waals surface area contributed by atoms with Gasteiger partial charge in [-0.25, -0.2) is 0 Å². The van der Waals surface area contributed by atoms with Crippen LogP contribution in [0.1, 0.15) is 56.7 Å². The van der Waals surface area contributed by atoms with Gasteiger partial charge in [0.15, 0.2) is 0 Å². The van der Waals surface area contributed by atoms with E-state index < -0.39 is 5.54 Å². The largest absolute Gasteiger partial charge is 0.342 e. The van der Waals surface area contributed by atoms with Crippen molar-refractivity contribution in [2.45, 2.75) is 58.0 Å². The van der Waals surface area contributed by atoms with Crippen LogP contribution in [0.3, 0.4) is 0 Å². The van der Waals surface area contributed by atoms with E-state index in [1.165, 1.54) is 0 Å². The highest BCUT2D eigenvalue weighted by molar-refractivity contribution is 6.17. The van der Waals surface area contributed by atoms with E-state index in [4.69, 9.17) is 4.99 Å². The third-order valence-electron chi connectivity index (χ3n) is 8.73. The monoisotopic (exact) mass is 521 g/mol. The van der Waals surface area contributed by atoms with Crippen molar-refractivity contribution in [1.82, 2.24) is 19.6 Å². The van der Waals surface area contributed by atoms with Crippen LogP contribution in [0, 0.1) is 18.8 Å². The van der Waals surface area contributed by atoms with E-state index in [1.54, 1.807) is 0 Å². The second-order valence-electron chi connectivity index (χ2n) is 12.2. The highest BCUT2D eigenvalue weighted by Gasteiger charge is 2.58. The van der Waals surface area contributed by atoms with Gasteiger partial charge in [0.05, 0.1) is 6.20 Å². The van der Waals surface area contributed by atoms with E-state index in [-0.39, 0.29) is 11.8 Å². The van der Waals surface area contributed by atoms with Crippen molar-refractivity contribution in [3.05, 3.63) is 66.0 Å². The van der Waals surface area contributed by atoms with Gasteiger partial charge in [0.1, 0.15) is 11.4 Å². The molecular formula is C32H35N5O2. The quantitative estimate of drug-likeness (QED) is 0.435. The molecule has 2 amide bonds. The highest BCUT2D eigenvalue weighted by atomic mass is 16.2. The molecule has 3 heterocycles. The Kier molecular flexibility index (Phi) is 5.55. The summed E-state index contributed by atoms with van der Waals surface area (Å²) in [7, 11) is 0. The van der Waals surface area contributed by atoms with Crippen molar-refractivity contribution in [2.75, 3.05) is 19.6 Å². The van der Waals surface area contributed by atoms with Gasteiger partial charge in [-0.3, -0.25) is 24.2 Å². The number of hydrogen-bond acceptors (Lipinski definition) is 4. The molecule has 0 radical (unpaired) electrons. The summed E-state index contributed by atoms with van der Waals surface area (Å²) in [5.41, 5.74) is 6.17. The number of amidine groups is 1. The lowest BCUT2D eigenvalue weighted by molar-refractivity contribution is -0.139. The molecule has 2 aliphatic carbocycles. The Balaban J connectivity index is 1.09. The minimum atomic E-state index is -0.535. The molecule has 0 unspecified atom stereocenters. The Hall–Kier alpha value is -3.74. The summed E-state index contributed by atoms with van der Waals surface area (Å²) in [5.74, 6) is 1.83. The molecule has 2 saturated carbocycles. The molecule has 39 heavy (non-hydrogen) atoms. The fraction of sp³-hybridized carbons (Fsp3) is 0.438. The van der Waals surface area contributed by atoms with Gasteiger partial charge < -0.3 is 4.90 Å². The zero-order valence-corrected chi connectivity index (χ0v) is 22.9. The molecule has 7 rings (SSSR count). The predicted octanol–water partition coefficient (Wildman–Crippen LogP) is 5.10. The van der Waals surface area contributed by atoms with Crippen molar-refractivity contribution < 1.29 is 9.59 Å². The fourth-order valence-corrected chi connectivity index (χ4v) is 5.91. The van der Waals surface area contributed by atoms with Crippen LogP contribution in [0.25, 0.3) is 22.3 Å². The van der Waals surface area contributed by atoms with Gasteiger partial charge >= 0.3 is 0 Å². The minimum Gasteiger partial charge on any atom is -0.342 e. The lowest BCUT2D eigenvalue weighted by atomic mass is 9.96. The molecule has 1 saturated heterocycles. The van der Waals surface area contributed by atoms with Crippen molar-refractivity contribution in [2.24, 2.45) is 16.8 Å². The van der Waals surface area contributed by atoms with Gasteiger partial charge in [-0.15, -0.1) is 0 Å². The van der Waals surface area contributed by atoms with Crippen LogP contribution in [0.5, 0.6) is 0 Å². The van der Waals surface area contributed by atoms with Gasteiger partial charge in [-0.05, 0) is 68.7 Å². The average molecular weight is 522 g/mol. The number of carbonyl (C=O) groups is 2. The maximum atomic E-state index is 13.4. The lowest BCUT2D eigenvalue weighted by Gasteiger charge is -2.41. The van der Waals surface area contributed by atoms with Gasteiger partial charge in [-0.2, -0.15) is 5.10 Å². The third kappa shape index (κ3) is 4.28. The van der Waals surface area contributed by atoms with Gasteiger partial charge in [0, 0.05) is 54.8 Å². The number of benzene rings is 2. The summed E-state index contributed by atoms with van der Waals surface area (Å²) in [4.78, 5) is 34.6. The second-order valence-corrected chi connectivity index (χ2v) is 12.2. The number of hydrogen-bond donors (Lipinski definition) is 0. The Bertz CT molecular complexity index is 1490. The standard InChI is InChI=1S/C32H35N5O2/c1-20(2)37-19-27(15-33-37)24-6-4-23(5-7-24)26-10-11-28(21(3)14-26)29-34-32(12-13-32)31(39)36(29)18-22-16-35(17-22)30(38)25-8-9-25/h4-7,10-11,14-15,19-20,22,25H,8-9,12-13,16-18H2,1-3H3. The summed E-state index contributed by atoms with van der Waals surface area (Å²) in [5, 5.41) is 4.47. The first-order chi connectivity index (χ1) is 18.8. The molecule has 1 aromatic heterocycles. The minimum absolute atomic E-state index is 0.143. The molecule has 3 fully saturated rings. The number of aryl methyl sites for hydroxylation is 1. The first kappa shape index (κ1) is 24.3. The molecule has 200 valence electrons. The molecule has 0 bridgehead atoms. The van der Waals surface area contributed by atoms with Crippen LogP contribution in [0.2, 0.25) is 0 Å². The zero-order chi connectivity index (χ0) is 26.9. The van der Waals surface area contributed by atoms with E-state index in [0.29, 0.717) is 24.4 Å². The van der Waals surface area contributed by atoms with Crippen molar-refractivity contribution in [3.8, 4) is 22.3 Å². The van der Waals surface area contributed by atoms with Crippen molar-refractivity contribution >= 4 is 17.6 Å². The Morgan fingerprint density at radius 2 is 1.67 bits per heavy atom. The number of nitrogens with zero attached hydrogens (tertiary/aromatic N) is 5. The molecular weight excluding hydrogens is 486 g/mol. The molecule has 3 aromatic rings. The molecule has 0 atom stereocenters. The second kappa shape index (κ2) is 8.90. The van der Waals surface area contributed by atoms with Gasteiger partial charge in [0.25, 0.3) is 5.91 Å². The van der Waals surface area contributed by atoms with Gasteiger partial charge in [-0.1, -0.05) is 42.5 Å². The predicted molar refractivity (Wildman–Crippen MR) is 151 cm³/mol. The molecule has 2 aliphatic heterocycles. The van der Waals surface area contributed by atoms with E-state index >= 15 is 0 Å². The summed E-state index contributed by atoms with van der Waals surface area (Å²) in [6, 6.07) is 15.4. The average Bonchev–Trinajstić information content (AvgIpc) is 3.83. The normalized spacial score (nSPS) is 20.1. The van der Waals surface area contributed by atoms with Crippen LogP contribution in [0.15, 0.2) is 59.9 Å². The highest BCUT2D eigenvalue weighted by Crippen LogP contribution is 2.46. The number of aromatic nitrogens is 2. The number of amides is 2. The Morgan fingerprint density at radius 1 is 1.00 bits per heavy atom. The summed E-state index contributed by atoms with van der Waals surface area (Å²) in [6.07, 6.45) is 7.75. The van der Waals surface area contributed by atoms with Crippen LogP contribution in [-0.4, -0.2) is 62.4 Å². The van der Waals surface area contributed by atoms with Gasteiger partial charge in [0.2, 0.25) is 5.91 Å². The van der Waals surface area contributed by atoms with Crippen LogP contribution >= 0.6 is 0 Å². The molecule has 2 aromatic carbocycles. The number of aliphatic imine (C=N–C) groups is 1. The first-order valence-corrected chi connectivity index (χ1v) is 14.3. The molecule has 4 aliphatic rings. The summed E-state index contributed by atoms with van der Waals surface area (Å²) in [6.45, 7) is 8.51. The summed E-state index contributed by atoms with van der Waals surface area (Å²) >= 11 is 0. The van der Waals surface area contributed by atoms with Crippen LogP contribution in [0.4, 0.5) is 0 Å². The Labute approximate surface area is 229 Å². The Morgan fingerprint density at radius 3 is 2.26 bits per heavy atom. The van der Waals surface area contributed by atoms with Crippen LogP contribution < -0.4 is 0 Å². The van der Waals surface area contributed by atoms with E-state index in [1.807, 2.05) is 20.7 Å². The molecule has 0 N–H and O–H groups in total. The van der Waals surface area contributed by atoms with Crippen molar-refractivity contribution in [3.63, 3.8) is 0 Å².